The zero-order valence-corrected chi connectivity index (χ0v) is 13.8. The second-order valence-electron chi connectivity index (χ2n) is 4.75. The van der Waals surface area contributed by atoms with Crippen LogP contribution in [0.5, 0.6) is 17.2 Å². The highest BCUT2D eigenvalue weighted by Crippen LogP contribution is 2.28. The molecule has 22 heavy (non-hydrogen) atoms. The van der Waals surface area contributed by atoms with Gasteiger partial charge in [-0.25, -0.2) is 0 Å². The normalized spacial score (nSPS) is 13.3. The number of hydrogen-bond donors (Lipinski definition) is 2. The van der Waals surface area contributed by atoms with Crippen LogP contribution in [-0.4, -0.2) is 48.2 Å². The molecule has 0 radical (unpaired) electrons. The van der Waals surface area contributed by atoms with Crippen LogP contribution in [0.2, 0.25) is 0 Å². The second-order valence-corrected chi connectivity index (χ2v) is 5.90. The molecule has 7 heteroatoms. The Morgan fingerprint density at radius 2 is 1.73 bits per heavy atom. The van der Waals surface area contributed by atoms with E-state index >= 15 is 0 Å². The van der Waals surface area contributed by atoms with Gasteiger partial charge in [-0.05, 0) is 0 Å². The van der Waals surface area contributed by atoms with Crippen LogP contribution in [0.25, 0.3) is 0 Å². The van der Waals surface area contributed by atoms with Crippen LogP contribution in [0.3, 0.4) is 0 Å². The van der Waals surface area contributed by atoms with E-state index in [0.29, 0.717) is 28.8 Å². The molecule has 0 fully saturated rings. The number of aliphatic hydroxyl groups is 1. The monoisotopic (exact) mass is 330 g/mol. The highest BCUT2D eigenvalue weighted by atomic mass is 32.2. The molecule has 0 aliphatic heterocycles. The largest absolute Gasteiger partial charge is 0.496 e. The molecule has 6 nitrogen and oxygen atoms in total. The van der Waals surface area contributed by atoms with Gasteiger partial charge < -0.3 is 24.4 Å². The first-order valence-electron chi connectivity index (χ1n) is 6.83. The summed E-state index contributed by atoms with van der Waals surface area (Å²) in [6.07, 6.45) is -0.879. The third-order valence-corrected chi connectivity index (χ3v) is 4.16. The molecule has 1 aromatic carbocycles. The summed E-state index contributed by atoms with van der Waals surface area (Å²) >= 11 is 1.47. The predicted molar refractivity (Wildman–Crippen MR) is 84.9 cm³/mol. The maximum Gasteiger partial charge on any atom is 0.304 e. The lowest BCUT2D eigenvalue weighted by Crippen LogP contribution is -2.26. The lowest BCUT2D eigenvalue weighted by atomic mass is 10.2. The highest BCUT2D eigenvalue weighted by Gasteiger charge is 2.17. The van der Waals surface area contributed by atoms with Crippen molar-refractivity contribution in [2.24, 2.45) is 5.92 Å². The van der Waals surface area contributed by atoms with Gasteiger partial charge in [-0.2, -0.15) is 11.8 Å². The summed E-state index contributed by atoms with van der Waals surface area (Å²) < 4.78 is 15.8. The number of benzene rings is 1. The molecule has 0 aliphatic carbocycles. The zero-order chi connectivity index (χ0) is 16.5. The molecule has 2 atom stereocenters. The fourth-order valence-electron chi connectivity index (χ4n) is 1.62. The van der Waals surface area contributed by atoms with Gasteiger partial charge in [-0.3, -0.25) is 4.79 Å². The van der Waals surface area contributed by atoms with Gasteiger partial charge in [0, 0.05) is 35.6 Å². The highest BCUT2D eigenvalue weighted by molar-refractivity contribution is 7.99. The molecule has 0 saturated heterocycles. The fourth-order valence-corrected chi connectivity index (χ4v) is 2.64. The van der Waals surface area contributed by atoms with Crippen molar-refractivity contribution in [3.63, 3.8) is 0 Å². The number of hydrogen-bond acceptors (Lipinski definition) is 6. The first-order chi connectivity index (χ1) is 10.5. The Kier molecular flexibility index (Phi) is 7.90. The van der Waals surface area contributed by atoms with Crippen LogP contribution in [0.1, 0.15) is 13.3 Å². The summed E-state index contributed by atoms with van der Waals surface area (Å²) in [5.41, 5.74) is 0. The Balaban J connectivity index is 2.52. The first-order valence-corrected chi connectivity index (χ1v) is 7.99. The van der Waals surface area contributed by atoms with Gasteiger partial charge in [-0.1, -0.05) is 6.92 Å². The average molecular weight is 330 g/mol. The van der Waals surface area contributed by atoms with Crippen LogP contribution in [0.15, 0.2) is 18.2 Å². The standard InChI is InChI=1S/C15H22O6S/c1-10(9-22-5-4-14(16)17)15(18)21-13-7-11(19-2)6-12(8-13)20-3/h6-8,10,15,18H,4-5,9H2,1-3H3,(H,16,17). The van der Waals surface area contributed by atoms with E-state index in [1.807, 2.05) is 6.92 Å². The quantitative estimate of drug-likeness (QED) is 0.502. The van der Waals surface area contributed by atoms with E-state index in [0.717, 1.165) is 0 Å². The Bertz CT molecular complexity index is 457. The molecule has 1 aromatic rings. The number of ether oxygens (including phenoxy) is 3. The molecule has 0 amide bonds. The van der Waals surface area contributed by atoms with Crippen molar-refractivity contribution < 1.29 is 29.2 Å². The van der Waals surface area contributed by atoms with E-state index < -0.39 is 12.3 Å². The number of rotatable bonds is 10. The number of aliphatic hydroxyl groups excluding tert-OH is 1. The molecule has 2 N–H and O–H groups in total. The van der Waals surface area contributed by atoms with E-state index in [1.165, 1.54) is 26.0 Å². The summed E-state index contributed by atoms with van der Waals surface area (Å²) in [7, 11) is 3.08. The van der Waals surface area contributed by atoms with E-state index in [1.54, 1.807) is 18.2 Å². The zero-order valence-electron chi connectivity index (χ0n) is 12.9. The lowest BCUT2D eigenvalue weighted by Gasteiger charge is -2.20. The van der Waals surface area contributed by atoms with Gasteiger partial charge in [0.1, 0.15) is 17.2 Å². The van der Waals surface area contributed by atoms with Crippen LogP contribution in [-0.2, 0) is 4.79 Å². The summed E-state index contributed by atoms with van der Waals surface area (Å²) in [6, 6.07) is 5.04. The SMILES string of the molecule is COc1cc(OC)cc(OC(O)C(C)CSCCC(=O)O)c1. The van der Waals surface area contributed by atoms with Gasteiger partial charge in [0.2, 0.25) is 6.29 Å². The van der Waals surface area contributed by atoms with Crippen molar-refractivity contribution in [1.82, 2.24) is 0 Å². The van der Waals surface area contributed by atoms with Crippen LogP contribution in [0, 0.1) is 5.92 Å². The Morgan fingerprint density at radius 3 is 2.23 bits per heavy atom. The number of carbonyl (C=O) groups is 1. The number of thioether (sulfide) groups is 1. The number of methoxy groups -OCH3 is 2. The predicted octanol–water partition coefficient (Wildman–Crippen LogP) is 2.25. The maximum atomic E-state index is 10.4. The molecule has 1 rings (SSSR count). The molecule has 0 spiro atoms. The van der Waals surface area contributed by atoms with E-state index in [9.17, 15) is 9.90 Å². The van der Waals surface area contributed by atoms with Crippen molar-refractivity contribution in [3.05, 3.63) is 18.2 Å². The van der Waals surface area contributed by atoms with Crippen LogP contribution >= 0.6 is 11.8 Å². The first kappa shape index (κ1) is 18.4. The molecule has 0 heterocycles. The van der Waals surface area contributed by atoms with Crippen LogP contribution in [0.4, 0.5) is 0 Å². The van der Waals surface area contributed by atoms with Crippen molar-refractivity contribution in [2.45, 2.75) is 19.6 Å². The number of aliphatic carboxylic acids is 1. The van der Waals surface area contributed by atoms with Gasteiger partial charge in [-0.15, -0.1) is 0 Å². The third-order valence-electron chi connectivity index (χ3n) is 2.91. The van der Waals surface area contributed by atoms with Gasteiger partial charge in [0.05, 0.1) is 20.6 Å². The van der Waals surface area contributed by atoms with Crippen molar-refractivity contribution in [2.75, 3.05) is 25.7 Å². The third kappa shape index (κ3) is 6.44. The van der Waals surface area contributed by atoms with Crippen molar-refractivity contribution in [1.29, 1.82) is 0 Å². The summed E-state index contributed by atoms with van der Waals surface area (Å²) in [5, 5.41) is 18.6. The minimum atomic E-state index is -0.992. The van der Waals surface area contributed by atoms with Crippen molar-refractivity contribution >= 4 is 17.7 Å². The Hall–Kier alpha value is -1.60. The van der Waals surface area contributed by atoms with Gasteiger partial charge in [0.25, 0.3) is 0 Å². The van der Waals surface area contributed by atoms with Gasteiger partial charge >= 0.3 is 5.97 Å². The molecular weight excluding hydrogens is 308 g/mol. The smallest absolute Gasteiger partial charge is 0.304 e. The van der Waals surface area contributed by atoms with E-state index in [4.69, 9.17) is 19.3 Å². The van der Waals surface area contributed by atoms with E-state index in [-0.39, 0.29) is 12.3 Å². The molecule has 0 aliphatic rings. The second kappa shape index (κ2) is 9.42. The number of carboxylic acids is 1. The summed E-state index contributed by atoms with van der Waals surface area (Å²) in [4.78, 5) is 10.4. The molecular formula is C15H22O6S. The minimum absolute atomic E-state index is 0.113. The molecule has 2 unspecified atom stereocenters. The van der Waals surface area contributed by atoms with Crippen LogP contribution < -0.4 is 14.2 Å². The topological polar surface area (TPSA) is 85.2 Å². The Labute approximate surface area is 134 Å². The molecule has 124 valence electrons. The minimum Gasteiger partial charge on any atom is -0.496 e. The summed E-state index contributed by atoms with van der Waals surface area (Å²) in [6.45, 7) is 1.84. The van der Waals surface area contributed by atoms with Gasteiger partial charge in [0.15, 0.2) is 0 Å². The molecule has 0 aromatic heterocycles. The average Bonchev–Trinajstić information content (AvgIpc) is 2.50. The fraction of sp³-hybridized carbons (Fsp3) is 0.533. The lowest BCUT2D eigenvalue weighted by molar-refractivity contribution is -0.136. The number of carboxylic acid groups (broad SMARTS) is 1. The molecule has 0 bridgehead atoms. The Morgan fingerprint density at radius 1 is 1.18 bits per heavy atom. The van der Waals surface area contributed by atoms with Crippen molar-refractivity contribution in [3.8, 4) is 17.2 Å². The molecule has 0 saturated carbocycles. The van der Waals surface area contributed by atoms with E-state index in [2.05, 4.69) is 0 Å². The summed E-state index contributed by atoms with van der Waals surface area (Å²) in [5.74, 6) is 1.76. The maximum absolute atomic E-state index is 10.4.